The van der Waals surface area contributed by atoms with Gasteiger partial charge in [-0.1, -0.05) is 6.92 Å². The van der Waals surface area contributed by atoms with Crippen molar-refractivity contribution in [2.24, 2.45) is 0 Å². The number of aromatic carboxylic acids is 1. The number of pyridine rings is 1. The number of aromatic nitrogens is 1. The highest BCUT2D eigenvalue weighted by atomic mass is 32.2. The first-order valence-corrected chi connectivity index (χ1v) is 6.92. The van der Waals surface area contributed by atoms with E-state index in [1.54, 1.807) is 23.9 Å². The van der Waals surface area contributed by atoms with Crippen LogP contribution < -0.4 is 4.90 Å². The highest BCUT2D eigenvalue weighted by molar-refractivity contribution is 7.98. The topological polar surface area (TPSA) is 53.4 Å². The summed E-state index contributed by atoms with van der Waals surface area (Å²) in [7, 11) is 1.93. The number of hydrogen-bond donors (Lipinski definition) is 1. The van der Waals surface area contributed by atoms with Crippen LogP contribution in [0.2, 0.25) is 0 Å². The summed E-state index contributed by atoms with van der Waals surface area (Å²) in [6.45, 7) is 2.83. The van der Waals surface area contributed by atoms with Gasteiger partial charge in [-0.25, -0.2) is 9.78 Å². The molecule has 0 spiro atoms. The van der Waals surface area contributed by atoms with E-state index >= 15 is 0 Å². The van der Waals surface area contributed by atoms with Gasteiger partial charge in [0.05, 0.1) is 5.56 Å². The van der Waals surface area contributed by atoms with E-state index in [2.05, 4.69) is 4.98 Å². The lowest BCUT2D eigenvalue weighted by atomic mass is 10.2. The van der Waals surface area contributed by atoms with Gasteiger partial charge in [0, 0.05) is 25.0 Å². The molecule has 0 aliphatic rings. The quantitative estimate of drug-likeness (QED) is 0.843. The number of aryl methyl sites for hydroxylation is 1. The molecule has 1 N–H and O–H groups in total. The molecule has 94 valence electrons. The summed E-state index contributed by atoms with van der Waals surface area (Å²) in [5.74, 6) is 0.828. The smallest absolute Gasteiger partial charge is 0.335 e. The standard InChI is InChI=1S/C12H18N2O2S/c1-4-10-7-9(12(15)16)8-11(13-10)14(2)5-6-17-3/h7-8H,4-6H2,1-3H3,(H,15,16). The SMILES string of the molecule is CCc1cc(C(=O)O)cc(N(C)CCSC)n1. The van der Waals surface area contributed by atoms with E-state index in [0.29, 0.717) is 5.56 Å². The first kappa shape index (κ1) is 13.8. The van der Waals surface area contributed by atoms with Gasteiger partial charge in [0.1, 0.15) is 5.82 Å². The molecule has 4 nitrogen and oxygen atoms in total. The van der Waals surface area contributed by atoms with E-state index in [0.717, 1.165) is 30.2 Å². The molecule has 0 aromatic carbocycles. The predicted molar refractivity (Wildman–Crippen MR) is 72.2 cm³/mol. The summed E-state index contributed by atoms with van der Waals surface area (Å²) in [6.07, 6.45) is 2.79. The van der Waals surface area contributed by atoms with Crippen LogP contribution in [0.4, 0.5) is 5.82 Å². The monoisotopic (exact) mass is 254 g/mol. The Labute approximate surface area is 106 Å². The highest BCUT2D eigenvalue weighted by Gasteiger charge is 2.10. The van der Waals surface area contributed by atoms with Crippen molar-refractivity contribution in [3.05, 3.63) is 23.4 Å². The van der Waals surface area contributed by atoms with Crippen molar-refractivity contribution in [3.8, 4) is 0 Å². The van der Waals surface area contributed by atoms with Crippen LogP contribution in [-0.4, -0.2) is 41.7 Å². The summed E-state index contributed by atoms with van der Waals surface area (Å²) in [5, 5.41) is 9.04. The molecule has 0 saturated carbocycles. The number of carbonyl (C=O) groups is 1. The molecular weight excluding hydrogens is 236 g/mol. The zero-order valence-electron chi connectivity index (χ0n) is 10.4. The van der Waals surface area contributed by atoms with E-state index in [1.807, 2.05) is 25.1 Å². The van der Waals surface area contributed by atoms with E-state index in [9.17, 15) is 4.79 Å². The Kier molecular flexibility index (Phi) is 5.28. The number of thioether (sulfide) groups is 1. The number of nitrogens with zero attached hydrogens (tertiary/aromatic N) is 2. The van der Waals surface area contributed by atoms with Crippen LogP contribution in [0.15, 0.2) is 12.1 Å². The lowest BCUT2D eigenvalue weighted by Gasteiger charge is -2.18. The Hall–Kier alpha value is -1.23. The van der Waals surface area contributed by atoms with E-state index in [4.69, 9.17) is 5.11 Å². The molecule has 0 radical (unpaired) electrons. The fourth-order valence-electron chi connectivity index (χ4n) is 1.41. The molecular formula is C12H18N2O2S. The summed E-state index contributed by atoms with van der Waals surface area (Å²) < 4.78 is 0. The second-order valence-corrected chi connectivity index (χ2v) is 4.76. The maximum Gasteiger partial charge on any atom is 0.335 e. The minimum atomic E-state index is -0.901. The molecule has 0 saturated heterocycles. The first-order chi connectivity index (χ1) is 8.08. The molecule has 17 heavy (non-hydrogen) atoms. The maximum atomic E-state index is 11.0. The molecule has 5 heteroatoms. The Morgan fingerprint density at radius 1 is 1.53 bits per heavy atom. The minimum absolute atomic E-state index is 0.308. The van der Waals surface area contributed by atoms with Crippen LogP contribution in [0.25, 0.3) is 0 Å². The third kappa shape index (κ3) is 3.93. The predicted octanol–water partition coefficient (Wildman–Crippen LogP) is 2.14. The van der Waals surface area contributed by atoms with E-state index < -0.39 is 5.97 Å². The number of anilines is 1. The van der Waals surface area contributed by atoms with Gasteiger partial charge in [0.25, 0.3) is 0 Å². The lowest BCUT2D eigenvalue weighted by molar-refractivity contribution is 0.0696. The van der Waals surface area contributed by atoms with Crippen molar-refractivity contribution in [1.82, 2.24) is 4.98 Å². The molecule has 0 aliphatic carbocycles. The lowest BCUT2D eigenvalue weighted by Crippen LogP contribution is -2.22. The van der Waals surface area contributed by atoms with Gasteiger partial charge < -0.3 is 10.0 Å². The van der Waals surface area contributed by atoms with Crippen molar-refractivity contribution in [3.63, 3.8) is 0 Å². The largest absolute Gasteiger partial charge is 0.478 e. The van der Waals surface area contributed by atoms with Gasteiger partial charge in [0.2, 0.25) is 0 Å². The number of carboxylic acid groups (broad SMARTS) is 1. The molecule has 0 amide bonds. The summed E-state index contributed by atoms with van der Waals surface area (Å²) >= 11 is 1.76. The average molecular weight is 254 g/mol. The molecule has 1 aromatic rings. The zero-order chi connectivity index (χ0) is 12.8. The van der Waals surface area contributed by atoms with Crippen LogP contribution in [0.5, 0.6) is 0 Å². The zero-order valence-corrected chi connectivity index (χ0v) is 11.3. The highest BCUT2D eigenvalue weighted by Crippen LogP contribution is 2.15. The van der Waals surface area contributed by atoms with Gasteiger partial charge in [-0.05, 0) is 24.8 Å². The molecule has 1 heterocycles. The van der Waals surface area contributed by atoms with Crippen molar-refractivity contribution in [2.75, 3.05) is 30.5 Å². The minimum Gasteiger partial charge on any atom is -0.478 e. The molecule has 0 fully saturated rings. The second kappa shape index (κ2) is 6.49. The number of hydrogen-bond acceptors (Lipinski definition) is 4. The van der Waals surface area contributed by atoms with Gasteiger partial charge in [-0.3, -0.25) is 0 Å². The Morgan fingerprint density at radius 3 is 2.76 bits per heavy atom. The summed E-state index contributed by atoms with van der Waals surface area (Å²) in [6, 6.07) is 3.26. The average Bonchev–Trinajstić information content (AvgIpc) is 2.35. The molecule has 0 bridgehead atoms. The van der Waals surface area contributed by atoms with E-state index in [-0.39, 0.29) is 0 Å². The maximum absolute atomic E-state index is 11.0. The van der Waals surface area contributed by atoms with Gasteiger partial charge in [-0.2, -0.15) is 11.8 Å². The molecule has 1 aromatic heterocycles. The Morgan fingerprint density at radius 2 is 2.24 bits per heavy atom. The molecule has 0 atom stereocenters. The summed E-state index contributed by atoms with van der Waals surface area (Å²) in [5.41, 5.74) is 1.12. The third-order valence-electron chi connectivity index (χ3n) is 2.50. The molecule has 0 unspecified atom stereocenters. The normalized spacial score (nSPS) is 10.3. The van der Waals surface area contributed by atoms with Crippen LogP contribution in [0.3, 0.4) is 0 Å². The Bertz CT molecular complexity index is 396. The fraction of sp³-hybridized carbons (Fsp3) is 0.500. The van der Waals surface area contributed by atoms with Crippen molar-refractivity contribution < 1.29 is 9.90 Å². The van der Waals surface area contributed by atoms with Crippen molar-refractivity contribution in [1.29, 1.82) is 0 Å². The van der Waals surface area contributed by atoms with Gasteiger partial charge in [-0.15, -0.1) is 0 Å². The van der Waals surface area contributed by atoms with Crippen LogP contribution in [0, 0.1) is 0 Å². The van der Waals surface area contributed by atoms with Crippen molar-refractivity contribution in [2.45, 2.75) is 13.3 Å². The van der Waals surface area contributed by atoms with Crippen LogP contribution in [0.1, 0.15) is 23.0 Å². The fourth-order valence-corrected chi connectivity index (χ4v) is 1.87. The van der Waals surface area contributed by atoms with Crippen molar-refractivity contribution >= 4 is 23.5 Å². The summed E-state index contributed by atoms with van der Waals surface area (Å²) in [4.78, 5) is 17.4. The third-order valence-corrected chi connectivity index (χ3v) is 3.09. The van der Waals surface area contributed by atoms with E-state index in [1.165, 1.54) is 0 Å². The van der Waals surface area contributed by atoms with Gasteiger partial charge >= 0.3 is 5.97 Å². The van der Waals surface area contributed by atoms with Gasteiger partial charge in [0.15, 0.2) is 0 Å². The number of carboxylic acids is 1. The molecule has 0 aliphatic heterocycles. The Balaban J connectivity index is 2.97. The second-order valence-electron chi connectivity index (χ2n) is 3.78. The van der Waals surface area contributed by atoms with Crippen LogP contribution >= 0.6 is 11.8 Å². The number of rotatable bonds is 6. The molecule has 1 rings (SSSR count). The first-order valence-electron chi connectivity index (χ1n) is 5.52. The van der Waals surface area contributed by atoms with Crippen LogP contribution in [-0.2, 0) is 6.42 Å².